The molecule has 0 amide bonds. The molecule has 73 valence electrons. The number of hydrogen-bond acceptors (Lipinski definition) is 2. The zero-order valence-corrected chi connectivity index (χ0v) is 9.04. The summed E-state index contributed by atoms with van der Waals surface area (Å²) in [6, 6.07) is 0. The van der Waals surface area contributed by atoms with Crippen molar-refractivity contribution in [3.05, 3.63) is 12.2 Å². The van der Waals surface area contributed by atoms with Gasteiger partial charge in [-0.3, -0.25) is 0 Å². The van der Waals surface area contributed by atoms with Gasteiger partial charge in [0.05, 0.1) is 0 Å². The molecule has 0 aliphatic carbocycles. The molecule has 4 heteroatoms. The summed E-state index contributed by atoms with van der Waals surface area (Å²) in [5, 5.41) is 0. The molecule has 1 atom stereocenters. The average molecular weight is 199 g/mol. The van der Waals surface area contributed by atoms with Crippen LogP contribution >= 0.6 is 8.38 Å². The third-order valence-electron chi connectivity index (χ3n) is 1.53. The fourth-order valence-corrected chi connectivity index (χ4v) is 1.19. The standard InChI is InChI=1S/C9H17BO2P/c1-2-3-4-5-6-7-8-12-13(11)9-10/h5-6,9,11H,2-4,7-8H2,1H3/b6-5-. The SMILES string of the molecule is [B]=CP(O)OCC/C=C\CCCC. The van der Waals surface area contributed by atoms with E-state index >= 15 is 0 Å². The van der Waals surface area contributed by atoms with Gasteiger partial charge in [0.15, 0.2) is 0 Å². The van der Waals surface area contributed by atoms with Crippen LogP contribution in [0.4, 0.5) is 0 Å². The molecule has 0 aliphatic rings. The topological polar surface area (TPSA) is 29.5 Å². The van der Waals surface area contributed by atoms with E-state index < -0.39 is 8.38 Å². The maximum atomic E-state index is 8.94. The maximum absolute atomic E-state index is 8.94. The van der Waals surface area contributed by atoms with E-state index in [0.717, 1.165) is 12.8 Å². The Balaban J connectivity index is 3.15. The first-order valence-corrected chi connectivity index (χ1v) is 5.90. The molecule has 1 unspecified atom stereocenters. The van der Waals surface area contributed by atoms with Crippen LogP contribution in [0.2, 0.25) is 0 Å². The summed E-state index contributed by atoms with van der Waals surface area (Å²) in [4.78, 5) is 8.94. The molecule has 2 nitrogen and oxygen atoms in total. The Labute approximate surface area is 83.0 Å². The second kappa shape index (κ2) is 10.1. The molecule has 0 rings (SSSR count). The van der Waals surface area contributed by atoms with Crippen LogP contribution in [0.1, 0.15) is 32.6 Å². The van der Waals surface area contributed by atoms with Gasteiger partial charge in [-0.25, -0.2) is 0 Å². The van der Waals surface area contributed by atoms with E-state index in [4.69, 9.17) is 16.9 Å². The summed E-state index contributed by atoms with van der Waals surface area (Å²) in [5.41, 5.74) is 1.19. The minimum absolute atomic E-state index is 0.540. The third-order valence-corrected chi connectivity index (χ3v) is 2.23. The summed E-state index contributed by atoms with van der Waals surface area (Å²) in [7, 11) is 3.58. The molecule has 13 heavy (non-hydrogen) atoms. The van der Waals surface area contributed by atoms with Gasteiger partial charge < -0.3 is 0 Å². The Morgan fingerprint density at radius 2 is 2.08 bits per heavy atom. The van der Waals surface area contributed by atoms with Crippen molar-refractivity contribution in [2.75, 3.05) is 6.61 Å². The van der Waals surface area contributed by atoms with Gasteiger partial charge >= 0.3 is 82.4 Å². The Hall–Kier alpha value is 0.0249. The van der Waals surface area contributed by atoms with Crippen molar-refractivity contribution in [1.29, 1.82) is 0 Å². The summed E-state index contributed by atoms with van der Waals surface area (Å²) in [6.07, 6.45) is 8.67. The van der Waals surface area contributed by atoms with E-state index in [-0.39, 0.29) is 0 Å². The number of unbranched alkanes of at least 4 members (excludes halogenated alkanes) is 2. The second-order valence-electron chi connectivity index (χ2n) is 2.69. The molecule has 0 spiro atoms. The van der Waals surface area contributed by atoms with E-state index in [1.807, 2.05) is 0 Å². The molecule has 0 saturated carbocycles. The Bertz CT molecular complexity index is 151. The quantitative estimate of drug-likeness (QED) is 0.281. The molecule has 0 bridgehead atoms. The molecule has 0 aromatic carbocycles. The predicted molar refractivity (Wildman–Crippen MR) is 60.2 cm³/mol. The van der Waals surface area contributed by atoms with E-state index in [2.05, 4.69) is 19.1 Å². The van der Waals surface area contributed by atoms with Gasteiger partial charge in [-0.1, -0.05) is 0 Å². The molecule has 0 aromatic heterocycles. The summed E-state index contributed by atoms with van der Waals surface area (Å²) < 4.78 is 4.99. The van der Waals surface area contributed by atoms with E-state index in [9.17, 15) is 0 Å². The van der Waals surface area contributed by atoms with Crippen LogP contribution < -0.4 is 0 Å². The fourth-order valence-electron chi connectivity index (χ4n) is 0.815. The minimum atomic E-state index is -1.49. The van der Waals surface area contributed by atoms with Gasteiger partial charge in [0.1, 0.15) is 0 Å². The summed E-state index contributed by atoms with van der Waals surface area (Å²) in [6.45, 7) is 2.71. The van der Waals surface area contributed by atoms with Gasteiger partial charge in [-0.2, -0.15) is 0 Å². The molecule has 0 aliphatic heterocycles. The first kappa shape index (κ1) is 13.0. The molecule has 1 N–H and O–H groups in total. The van der Waals surface area contributed by atoms with Crippen molar-refractivity contribution in [2.45, 2.75) is 32.6 Å². The van der Waals surface area contributed by atoms with E-state index in [0.29, 0.717) is 6.61 Å². The van der Waals surface area contributed by atoms with Crippen molar-refractivity contribution in [3.8, 4) is 0 Å². The van der Waals surface area contributed by atoms with Crippen molar-refractivity contribution in [2.24, 2.45) is 0 Å². The molecule has 0 fully saturated rings. The normalized spacial score (nSPS) is 13.3. The third kappa shape index (κ3) is 9.94. The zero-order chi connectivity index (χ0) is 9.94. The van der Waals surface area contributed by atoms with Crippen LogP contribution in [0.25, 0.3) is 0 Å². The van der Waals surface area contributed by atoms with Crippen LogP contribution in [0, 0.1) is 0 Å². The van der Waals surface area contributed by atoms with Crippen LogP contribution in [0.15, 0.2) is 12.2 Å². The first-order valence-electron chi connectivity index (χ1n) is 4.62. The van der Waals surface area contributed by atoms with Crippen molar-refractivity contribution in [3.63, 3.8) is 0 Å². The van der Waals surface area contributed by atoms with Crippen molar-refractivity contribution in [1.82, 2.24) is 0 Å². The first-order chi connectivity index (χ1) is 6.31. The number of hydrogen-bond donors (Lipinski definition) is 1. The molecule has 0 aromatic rings. The van der Waals surface area contributed by atoms with Gasteiger partial charge in [0, 0.05) is 0 Å². The van der Waals surface area contributed by atoms with Gasteiger partial charge in [0.25, 0.3) is 0 Å². The molecular formula is C9H17BO2P. The fraction of sp³-hybridized carbons (Fsp3) is 0.667. The van der Waals surface area contributed by atoms with Crippen LogP contribution in [-0.4, -0.2) is 24.7 Å². The van der Waals surface area contributed by atoms with E-state index in [1.165, 1.54) is 18.5 Å². The Morgan fingerprint density at radius 3 is 2.69 bits per heavy atom. The monoisotopic (exact) mass is 199 g/mol. The predicted octanol–water partition coefficient (Wildman–Crippen LogP) is 2.37. The summed E-state index contributed by atoms with van der Waals surface area (Å²) in [5.74, 6) is 0. The Kier molecular flexibility index (Phi) is 10.1. The molecular weight excluding hydrogens is 182 g/mol. The average Bonchev–Trinajstić information content (AvgIpc) is 2.16. The molecule has 1 radical (unpaired) electrons. The van der Waals surface area contributed by atoms with Crippen molar-refractivity contribution < 1.29 is 9.42 Å². The van der Waals surface area contributed by atoms with Gasteiger partial charge in [-0.05, 0) is 0 Å². The second-order valence-corrected chi connectivity index (χ2v) is 3.85. The Morgan fingerprint density at radius 1 is 1.38 bits per heavy atom. The van der Waals surface area contributed by atoms with Crippen LogP contribution in [-0.2, 0) is 4.52 Å². The van der Waals surface area contributed by atoms with Gasteiger partial charge in [0.2, 0.25) is 0 Å². The van der Waals surface area contributed by atoms with Crippen LogP contribution in [0.3, 0.4) is 0 Å². The van der Waals surface area contributed by atoms with Gasteiger partial charge in [-0.15, -0.1) is 0 Å². The van der Waals surface area contributed by atoms with Crippen LogP contribution in [0.5, 0.6) is 0 Å². The summed E-state index contributed by atoms with van der Waals surface area (Å²) >= 11 is 0. The molecule has 0 saturated heterocycles. The van der Waals surface area contributed by atoms with Crippen molar-refractivity contribution >= 4 is 21.6 Å². The zero-order valence-electron chi connectivity index (χ0n) is 8.15. The molecule has 0 heterocycles. The van der Waals surface area contributed by atoms with E-state index in [1.54, 1.807) is 0 Å². The number of allylic oxidation sites excluding steroid dienone is 1. The number of rotatable bonds is 8.